The zero-order chi connectivity index (χ0) is 64.6. The Morgan fingerprint density at radius 2 is 0.402 bits per heavy atom. The van der Waals surface area contributed by atoms with E-state index in [9.17, 15) is 0 Å². The number of hydrogen-bond donors (Lipinski definition) is 0. The molecule has 4 aromatic heterocycles. The molecule has 0 saturated carbocycles. The molecular formula is C83H124N4. The van der Waals surface area contributed by atoms with Crippen molar-refractivity contribution in [2.45, 2.75) is 313 Å². The Kier molecular flexibility index (Phi) is 26.2. The summed E-state index contributed by atoms with van der Waals surface area (Å²) in [4.78, 5) is 19.5. The van der Waals surface area contributed by atoms with Gasteiger partial charge in [-0.05, 0) is 304 Å². The van der Waals surface area contributed by atoms with E-state index in [0.717, 1.165) is 22.8 Å². The van der Waals surface area contributed by atoms with Crippen LogP contribution in [0.2, 0.25) is 0 Å². The van der Waals surface area contributed by atoms with Crippen LogP contribution in [0, 0.1) is 55.4 Å². The van der Waals surface area contributed by atoms with E-state index in [-0.39, 0.29) is 29.1 Å². The highest BCUT2D eigenvalue weighted by atomic mass is 14.7. The van der Waals surface area contributed by atoms with Crippen molar-refractivity contribution in [1.29, 1.82) is 0 Å². The van der Waals surface area contributed by atoms with Crippen molar-refractivity contribution in [2.75, 3.05) is 0 Å². The van der Waals surface area contributed by atoms with Crippen molar-refractivity contribution in [3.8, 4) is 0 Å². The van der Waals surface area contributed by atoms with Crippen LogP contribution in [-0.4, -0.2) is 19.9 Å². The van der Waals surface area contributed by atoms with Crippen LogP contribution in [0.3, 0.4) is 0 Å². The molecule has 0 amide bonds. The van der Waals surface area contributed by atoms with Gasteiger partial charge in [-0.3, -0.25) is 19.9 Å². The first-order valence-corrected chi connectivity index (χ1v) is 34.2. The molecule has 0 radical (unpaired) electrons. The highest BCUT2D eigenvalue weighted by molar-refractivity contribution is 5.91. The number of hydrogen-bond acceptors (Lipinski definition) is 4. The summed E-state index contributed by atoms with van der Waals surface area (Å²) in [5.74, 6) is 0. The Morgan fingerprint density at radius 3 is 0.586 bits per heavy atom. The molecule has 0 unspecified atom stereocenters. The van der Waals surface area contributed by atoms with Crippen LogP contribution < -0.4 is 0 Å². The molecule has 0 atom stereocenters. The van der Waals surface area contributed by atoms with Gasteiger partial charge in [0.25, 0.3) is 0 Å². The smallest absolute Gasteiger partial charge is 0.0743 e. The van der Waals surface area contributed by atoms with E-state index < -0.39 is 0 Å². The van der Waals surface area contributed by atoms with E-state index in [1.165, 1.54) is 200 Å². The lowest BCUT2D eigenvalue weighted by atomic mass is 9.80. The number of fused-ring (bicyclic) bond motifs is 12. The second-order valence-electron chi connectivity index (χ2n) is 28.6. The van der Waals surface area contributed by atoms with E-state index >= 15 is 0 Å². The van der Waals surface area contributed by atoms with Crippen LogP contribution in [0.25, 0.3) is 43.6 Å². The van der Waals surface area contributed by atoms with Crippen LogP contribution in [0.5, 0.6) is 0 Å². The summed E-state index contributed by atoms with van der Waals surface area (Å²) in [6, 6.07) is 18.6. The predicted molar refractivity (Wildman–Crippen MR) is 389 cm³/mol. The van der Waals surface area contributed by atoms with E-state index in [2.05, 4.69) is 187 Å². The maximum atomic E-state index is 4.90. The second kappa shape index (κ2) is 30.8. The average molecular weight is 1180 g/mol. The minimum atomic E-state index is 0. The van der Waals surface area contributed by atoms with Crippen LogP contribution >= 0.6 is 0 Å². The Hall–Kier alpha value is -5.48. The number of nitrogens with zero attached hydrogens (tertiary/aromatic N) is 4. The molecule has 476 valence electrons. The van der Waals surface area contributed by atoms with Gasteiger partial charge in [0.2, 0.25) is 0 Å². The molecular weight excluding hydrogens is 1050 g/mol. The third kappa shape index (κ3) is 16.7. The first-order valence-electron chi connectivity index (χ1n) is 34.2. The molecule has 12 rings (SSSR count). The van der Waals surface area contributed by atoms with E-state index in [4.69, 9.17) is 19.9 Å². The summed E-state index contributed by atoms with van der Waals surface area (Å²) in [6.07, 6.45) is 17.6. The normalized spacial score (nSPS) is 13.9. The zero-order valence-electron chi connectivity index (χ0n) is 60.3. The van der Waals surface area contributed by atoms with Crippen molar-refractivity contribution in [1.82, 2.24) is 19.9 Å². The number of aromatic nitrogens is 4. The molecule has 87 heavy (non-hydrogen) atoms. The molecule has 0 N–H and O–H groups in total. The van der Waals surface area contributed by atoms with Crippen molar-refractivity contribution < 1.29 is 0 Å². The fourth-order valence-corrected chi connectivity index (χ4v) is 14.0. The van der Waals surface area contributed by atoms with Gasteiger partial charge in [0.1, 0.15) is 0 Å². The lowest BCUT2D eigenvalue weighted by molar-refractivity contribution is 0.594. The van der Waals surface area contributed by atoms with Gasteiger partial charge < -0.3 is 0 Å². The number of aryl methyl sites for hydroxylation is 12. The van der Waals surface area contributed by atoms with E-state index in [1.807, 2.05) is 55.4 Å². The van der Waals surface area contributed by atoms with Gasteiger partial charge in [-0.25, -0.2) is 0 Å². The zero-order valence-corrected chi connectivity index (χ0v) is 60.3. The van der Waals surface area contributed by atoms with Crippen molar-refractivity contribution in [3.63, 3.8) is 0 Å². The van der Waals surface area contributed by atoms with E-state index in [0.29, 0.717) is 0 Å². The molecule has 0 saturated heterocycles. The van der Waals surface area contributed by atoms with Crippen molar-refractivity contribution in [2.24, 2.45) is 0 Å². The van der Waals surface area contributed by atoms with Gasteiger partial charge in [0.15, 0.2) is 0 Å². The molecule has 8 aromatic rings. The monoisotopic (exact) mass is 1180 g/mol. The summed E-state index contributed by atoms with van der Waals surface area (Å²) in [5.41, 5.74) is 34.3. The minimum absolute atomic E-state index is 0. The molecule has 0 aliphatic heterocycles. The standard InChI is InChI=1S/2C19H25N.2C18H23N.4C2H6.CH4/c2*1-12-10-16-17(19(3,4)5)11-13(2)20-18(16)15-9-7-6-8-14(12)15;2*1-11-9-15-16(18(3,4)5)10-12(2)19-17(15)14-8-6-7-13(11)14;4*1-2;/h2*10-11H,6-9H2,1-5H3;2*9-10H,6-8H2,1-5H3;4*1-2H3;1H4. The fraction of sp³-hybridized carbons (Fsp3) is 0.566. The Morgan fingerprint density at radius 1 is 0.241 bits per heavy atom. The molecule has 4 heterocycles. The minimum Gasteiger partial charge on any atom is -0.253 e. The Labute approximate surface area is 533 Å². The maximum absolute atomic E-state index is 4.90. The third-order valence-electron chi connectivity index (χ3n) is 17.8. The largest absolute Gasteiger partial charge is 0.253 e. The topological polar surface area (TPSA) is 51.6 Å². The summed E-state index contributed by atoms with van der Waals surface area (Å²) in [6.45, 7) is 61.1. The van der Waals surface area contributed by atoms with Crippen molar-refractivity contribution in [3.05, 3.63) is 160 Å². The quantitative estimate of drug-likeness (QED) is 0.152. The molecule has 4 aliphatic rings. The highest BCUT2D eigenvalue weighted by Crippen LogP contribution is 2.41. The summed E-state index contributed by atoms with van der Waals surface area (Å²) < 4.78 is 0. The van der Waals surface area contributed by atoms with E-state index in [1.54, 1.807) is 22.3 Å². The first-order chi connectivity index (χ1) is 40.5. The predicted octanol–water partition coefficient (Wildman–Crippen LogP) is 24.1. The summed E-state index contributed by atoms with van der Waals surface area (Å²) >= 11 is 0. The molecule has 0 spiro atoms. The number of rotatable bonds is 0. The van der Waals surface area contributed by atoms with Gasteiger partial charge in [0.05, 0.1) is 22.1 Å². The Balaban J connectivity index is 0.000000238. The molecule has 4 aliphatic carbocycles. The van der Waals surface area contributed by atoms with Gasteiger partial charge in [-0.15, -0.1) is 0 Å². The van der Waals surface area contributed by atoms with Gasteiger partial charge >= 0.3 is 0 Å². The summed E-state index contributed by atoms with van der Waals surface area (Å²) in [7, 11) is 0. The lowest BCUT2D eigenvalue weighted by Gasteiger charge is -2.26. The number of pyridine rings is 4. The van der Waals surface area contributed by atoms with Crippen LogP contribution in [-0.2, 0) is 73.0 Å². The fourth-order valence-electron chi connectivity index (χ4n) is 14.0. The summed E-state index contributed by atoms with van der Waals surface area (Å²) in [5, 5.41) is 5.50. The average Bonchev–Trinajstić information content (AvgIpc) is 2.03. The maximum Gasteiger partial charge on any atom is 0.0743 e. The van der Waals surface area contributed by atoms with Crippen molar-refractivity contribution >= 4 is 43.6 Å². The lowest BCUT2D eigenvalue weighted by Crippen LogP contribution is -2.15. The van der Waals surface area contributed by atoms with Gasteiger partial charge in [0, 0.05) is 44.3 Å². The third-order valence-corrected chi connectivity index (χ3v) is 17.8. The van der Waals surface area contributed by atoms with Crippen LogP contribution in [0.4, 0.5) is 0 Å². The molecule has 4 nitrogen and oxygen atoms in total. The second-order valence-corrected chi connectivity index (χ2v) is 28.6. The first kappa shape index (κ1) is 74.0. The van der Waals surface area contributed by atoms with Gasteiger partial charge in [-0.2, -0.15) is 0 Å². The van der Waals surface area contributed by atoms with Crippen LogP contribution in [0.1, 0.15) is 296 Å². The Bertz CT molecular complexity index is 3390. The highest BCUT2D eigenvalue weighted by Gasteiger charge is 2.28. The molecule has 4 heteroatoms. The van der Waals surface area contributed by atoms with Crippen LogP contribution in [0.15, 0.2) is 48.5 Å². The molecule has 0 fully saturated rings. The SMILES string of the molecule is C.CC.CC.CC.CC.Cc1cc(C(C)(C)C)c2cc(C)c3c(c2n1)CCC3.Cc1cc(C(C)(C)C)c2cc(C)c3c(c2n1)CCC3.Cc1cc(C(C)(C)C)c2cc(C)c3c(c2n1)CCCC3.Cc1cc(C(C)(C)C)c2cc(C)c3c(c2n1)CCCC3. The van der Waals surface area contributed by atoms with Gasteiger partial charge in [-0.1, -0.05) is 146 Å². The number of benzene rings is 4. The molecule has 4 aromatic carbocycles. The molecule has 0 bridgehead atoms.